The van der Waals surface area contributed by atoms with E-state index in [-0.39, 0.29) is 24.8 Å². The van der Waals surface area contributed by atoms with Crippen LogP contribution in [0.3, 0.4) is 0 Å². The van der Waals surface area contributed by atoms with Crippen LogP contribution >= 0.6 is 36.5 Å². The summed E-state index contributed by atoms with van der Waals surface area (Å²) < 4.78 is 4.19. The normalized spacial score (nSPS) is 14.5. The summed E-state index contributed by atoms with van der Waals surface area (Å²) in [5.41, 5.74) is 11.4. The van der Waals surface area contributed by atoms with E-state index >= 15 is 0 Å². The van der Waals surface area contributed by atoms with Crippen LogP contribution in [0.2, 0.25) is 0 Å². The molecule has 1 heterocycles. The summed E-state index contributed by atoms with van der Waals surface area (Å²) in [6.45, 7) is 0. The number of hydrogen-bond donors (Lipinski definition) is 0. The second-order valence-electron chi connectivity index (χ2n) is 7.38. The fourth-order valence-corrected chi connectivity index (χ4v) is 12.8. The second kappa shape index (κ2) is 8.89. The second-order valence-corrected chi connectivity index (χ2v) is 16.4. The van der Waals surface area contributed by atoms with Gasteiger partial charge in [-0.05, 0) is 0 Å². The van der Waals surface area contributed by atoms with Crippen molar-refractivity contribution in [3.63, 3.8) is 0 Å². The van der Waals surface area contributed by atoms with Gasteiger partial charge in [-0.2, -0.15) is 0 Å². The van der Waals surface area contributed by atoms with Gasteiger partial charge in [-0.25, -0.2) is 0 Å². The van der Waals surface area contributed by atoms with Crippen molar-refractivity contribution in [3.8, 4) is 11.1 Å². The van der Waals surface area contributed by atoms with E-state index in [1.54, 1.807) is 0 Å². The van der Waals surface area contributed by atoms with Crippen LogP contribution in [-0.4, -0.2) is 5.75 Å². The molecule has 0 spiro atoms. The molecule has 1 aliphatic heterocycles. The van der Waals surface area contributed by atoms with Crippen molar-refractivity contribution in [1.29, 1.82) is 0 Å². The number of fused-ring (bicyclic) bond motifs is 6. The zero-order valence-corrected chi connectivity index (χ0v) is 22.9. The molecule has 0 aromatic heterocycles. The van der Waals surface area contributed by atoms with E-state index in [9.17, 15) is 0 Å². The Bertz CT molecular complexity index is 1280. The molecule has 0 radical (unpaired) electrons. The molecule has 0 bridgehead atoms. The van der Waals surface area contributed by atoms with Gasteiger partial charge in [-0.15, -0.1) is 0 Å². The van der Waals surface area contributed by atoms with Gasteiger partial charge < -0.3 is 24.8 Å². The summed E-state index contributed by atoms with van der Waals surface area (Å²) in [4.78, 5) is 0. The van der Waals surface area contributed by atoms with Gasteiger partial charge in [0.05, 0.1) is 0 Å². The third-order valence-electron chi connectivity index (χ3n) is 5.86. The molecule has 0 fully saturated rings. The van der Waals surface area contributed by atoms with Crippen molar-refractivity contribution in [2.75, 3.05) is 5.75 Å². The molecule has 0 N–H and O–H groups in total. The minimum atomic E-state index is -2.47. The molecule has 3 aromatic rings. The fraction of sp³-hybridized carbons (Fsp3) is 0.0833. The molecule has 6 rings (SSSR count). The van der Waals surface area contributed by atoms with E-state index in [1.165, 1.54) is 54.9 Å². The van der Waals surface area contributed by atoms with Gasteiger partial charge >= 0.3 is 190 Å². The van der Waals surface area contributed by atoms with Crippen LogP contribution in [0.15, 0.2) is 70.1 Å². The van der Waals surface area contributed by atoms with Crippen molar-refractivity contribution in [1.82, 2.24) is 0 Å². The van der Waals surface area contributed by atoms with Crippen LogP contribution in [0, 0.1) is 0 Å². The third-order valence-corrected chi connectivity index (χ3v) is 14.9. The molecular weight excluding hydrogens is 594 g/mol. The Balaban J connectivity index is 0.00000109. The van der Waals surface area contributed by atoms with E-state index < -0.39 is 19.7 Å². The molecule has 0 amide bonds. The summed E-state index contributed by atoms with van der Waals surface area (Å²) >= 11 is 3.25. The average molecular weight is 610 g/mol. The monoisotopic (exact) mass is 606 g/mol. The summed E-state index contributed by atoms with van der Waals surface area (Å²) in [5, 5.41) is 0. The number of benzene rings is 3. The fourth-order valence-electron chi connectivity index (χ4n) is 4.65. The number of halogens is 3. The molecule has 3 aromatic carbocycles. The summed E-state index contributed by atoms with van der Waals surface area (Å²) in [6, 6.07) is 22.4. The summed E-state index contributed by atoms with van der Waals surface area (Å²) in [5.74, 6) is 1.06. The molecule has 0 saturated heterocycles. The van der Waals surface area contributed by atoms with Crippen LogP contribution in [0.5, 0.6) is 0 Å². The Labute approximate surface area is 212 Å². The van der Waals surface area contributed by atoms with Crippen LogP contribution < -0.4 is 31.4 Å². The number of rotatable bonds is 2. The molecule has 148 valence electrons. The van der Waals surface area contributed by atoms with Crippen LogP contribution in [0.4, 0.5) is 0 Å². The van der Waals surface area contributed by atoms with Crippen LogP contribution in [0.1, 0.15) is 22.3 Å². The van der Waals surface area contributed by atoms with Gasteiger partial charge in [-0.1, -0.05) is 0 Å². The third kappa shape index (κ3) is 3.43. The van der Waals surface area contributed by atoms with Crippen molar-refractivity contribution in [2.45, 2.75) is 6.42 Å². The van der Waals surface area contributed by atoms with E-state index in [4.69, 9.17) is 8.86 Å². The van der Waals surface area contributed by atoms with Gasteiger partial charge in [0, 0.05) is 0 Å². The standard InChI is InChI=1S/C13H9.C11H6BrS.2ClH.S.Zr/c1-3-7-12-10(5-1)9-11-6-2-4-8-13(11)12;12-11-10-8(6-13-11)5-7-3-1-2-4-9(7)10;;;;/h1-7H,9H2;1-3,5H,6H2;2*1H;;/q;;;;;+2/p-2. The molecule has 30 heavy (non-hydrogen) atoms. The number of thioether (sulfide) groups is 1. The first-order valence-corrected chi connectivity index (χ1v) is 17.0. The first-order chi connectivity index (χ1) is 13.7. The first kappa shape index (κ1) is 22.8. The van der Waals surface area contributed by atoms with Gasteiger partial charge in [-0.3, -0.25) is 0 Å². The molecule has 3 aliphatic rings. The maximum absolute atomic E-state index is 6.41. The maximum atomic E-state index is 6.41. The predicted octanol–water partition coefficient (Wildman–Crippen LogP) is 0.155. The Morgan fingerprint density at radius 2 is 1.53 bits per heavy atom. The molecule has 0 unspecified atom stereocenters. The molecule has 0 nitrogen and oxygen atoms in total. The quantitative estimate of drug-likeness (QED) is 0.318. The van der Waals surface area contributed by atoms with Gasteiger partial charge in [0.2, 0.25) is 0 Å². The van der Waals surface area contributed by atoms with Crippen molar-refractivity contribution < 1.29 is 44.5 Å². The first-order valence-electron chi connectivity index (χ1n) is 9.34. The molecule has 0 atom stereocenters. The Morgan fingerprint density at radius 1 is 0.833 bits per heavy atom. The van der Waals surface area contributed by atoms with Crippen molar-refractivity contribution >= 4 is 54.7 Å². The predicted molar refractivity (Wildman–Crippen MR) is 124 cm³/mol. The van der Waals surface area contributed by atoms with Gasteiger partial charge in [0.25, 0.3) is 0 Å². The van der Waals surface area contributed by atoms with Crippen LogP contribution in [-0.2, 0) is 26.1 Å². The van der Waals surface area contributed by atoms with Gasteiger partial charge in [0.15, 0.2) is 0 Å². The molecular formula is C24H15BrCl2S2Zr. The molecule has 0 saturated carbocycles. The SMILES string of the molecule is [Cl-].[Cl-].[S]=[Zr+2]([c]1cccc2c1C1=C(Br)SCC1=C2)[c]1cccc2c1-c1ccccc1C2. The van der Waals surface area contributed by atoms with E-state index in [0.29, 0.717) is 0 Å². The van der Waals surface area contributed by atoms with E-state index in [1.807, 2.05) is 11.8 Å². The Hall–Kier alpha value is -0.347. The number of hydrogen-bond acceptors (Lipinski definition) is 2. The van der Waals surface area contributed by atoms with Crippen molar-refractivity contribution in [2.24, 2.45) is 0 Å². The number of allylic oxidation sites excluding steroid dienone is 1. The van der Waals surface area contributed by atoms with E-state index in [2.05, 4.69) is 82.7 Å². The van der Waals surface area contributed by atoms with Gasteiger partial charge in [0.1, 0.15) is 0 Å². The van der Waals surface area contributed by atoms with E-state index in [0.717, 1.165) is 12.2 Å². The Morgan fingerprint density at radius 3 is 2.37 bits per heavy atom. The zero-order valence-electron chi connectivity index (χ0n) is 15.7. The molecule has 6 heteroatoms. The minimum absolute atomic E-state index is 0. The zero-order chi connectivity index (χ0) is 18.8. The average Bonchev–Trinajstić information content (AvgIpc) is 3.39. The molecule has 2 aliphatic carbocycles. The summed E-state index contributed by atoms with van der Waals surface area (Å²) in [7, 11) is 6.41. The summed E-state index contributed by atoms with van der Waals surface area (Å²) in [6.07, 6.45) is 3.41. The van der Waals surface area contributed by atoms with Crippen molar-refractivity contribution in [3.05, 3.63) is 92.3 Å². The Kier molecular flexibility index (Phi) is 6.76. The van der Waals surface area contributed by atoms with Crippen LogP contribution in [0.25, 0.3) is 22.8 Å². The topological polar surface area (TPSA) is 0 Å².